The molecule has 0 radical (unpaired) electrons. The van der Waals surface area contributed by atoms with Gasteiger partial charge in [-0.1, -0.05) is 25.1 Å². The predicted molar refractivity (Wildman–Crippen MR) is 80.7 cm³/mol. The second-order valence-corrected chi connectivity index (χ2v) is 5.84. The van der Waals surface area contributed by atoms with E-state index in [1.165, 1.54) is 0 Å². The minimum absolute atomic E-state index is 0.109. The van der Waals surface area contributed by atoms with Gasteiger partial charge in [0.05, 0.1) is 19.1 Å². The summed E-state index contributed by atoms with van der Waals surface area (Å²) < 4.78 is 5.51. The molecule has 0 heterocycles. The second kappa shape index (κ2) is 7.12. The summed E-state index contributed by atoms with van der Waals surface area (Å²) >= 11 is 0. The van der Waals surface area contributed by atoms with E-state index in [1.54, 1.807) is 0 Å². The van der Waals surface area contributed by atoms with Crippen LogP contribution in [0.25, 0.3) is 0 Å². The summed E-state index contributed by atoms with van der Waals surface area (Å²) in [6.07, 6.45) is 3.75. The van der Waals surface area contributed by atoms with E-state index in [0.717, 1.165) is 31.4 Å². The molecule has 0 atom stereocenters. The molecule has 4 nitrogen and oxygen atoms in total. The Kier molecular flexibility index (Phi) is 5.21. The van der Waals surface area contributed by atoms with Crippen LogP contribution in [0.2, 0.25) is 0 Å². The Balaban J connectivity index is 1.77. The molecule has 0 aromatic heterocycles. The average Bonchev–Trinajstić information content (AvgIpc) is 2.51. The molecule has 112 valence electrons. The molecule has 4 heteroatoms. The SMILES string of the molecule is CC1CCC(C#N)(NC(=O)CCOc2ccccc2)CC1. The van der Waals surface area contributed by atoms with Crippen molar-refractivity contribution >= 4 is 5.91 Å². The molecule has 1 aliphatic rings. The lowest BCUT2D eigenvalue weighted by Crippen LogP contribution is -2.49. The molecular formula is C17H22N2O2. The zero-order chi connectivity index (χ0) is 15.1. The Hall–Kier alpha value is -2.02. The van der Waals surface area contributed by atoms with Gasteiger partial charge in [-0.25, -0.2) is 0 Å². The van der Waals surface area contributed by atoms with E-state index in [0.29, 0.717) is 12.5 Å². The van der Waals surface area contributed by atoms with Crippen LogP contribution < -0.4 is 10.1 Å². The number of nitrogens with zero attached hydrogens (tertiary/aromatic N) is 1. The van der Waals surface area contributed by atoms with Gasteiger partial charge in [-0.05, 0) is 43.7 Å². The van der Waals surface area contributed by atoms with Gasteiger partial charge in [0.1, 0.15) is 11.3 Å². The van der Waals surface area contributed by atoms with Crippen molar-refractivity contribution in [3.8, 4) is 11.8 Å². The topological polar surface area (TPSA) is 62.1 Å². The molecule has 1 fully saturated rings. The number of carbonyl (C=O) groups excluding carboxylic acids is 1. The number of amides is 1. The van der Waals surface area contributed by atoms with Gasteiger partial charge in [-0.15, -0.1) is 0 Å². The molecule has 0 bridgehead atoms. The second-order valence-electron chi connectivity index (χ2n) is 5.84. The Morgan fingerprint density at radius 1 is 1.38 bits per heavy atom. The highest BCUT2D eigenvalue weighted by Crippen LogP contribution is 2.31. The van der Waals surface area contributed by atoms with E-state index in [1.807, 2.05) is 30.3 Å². The van der Waals surface area contributed by atoms with Gasteiger partial charge in [-0.3, -0.25) is 4.79 Å². The predicted octanol–water partition coefficient (Wildman–Crippen LogP) is 3.04. The van der Waals surface area contributed by atoms with E-state index in [9.17, 15) is 10.1 Å². The first-order valence-corrected chi connectivity index (χ1v) is 7.54. The highest BCUT2D eigenvalue weighted by Gasteiger charge is 2.35. The molecule has 21 heavy (non-hydrogen) atoms. The van der Waals surface area contributed by atoms with Crippen molar-refractivity contribution in [3.05, 3.63) is 30.3 Å². The molecule has 0 aliphatic heterocycles. The zero-order valence-corrected chi connectivity index (χ0v) is 12.5. The quantitative estimate of drug-likeness (QED) is 0.905. The Morgan fingerprint density at radius 3 is 2.67 bits per heavy atom. The van der Waals surface area contributed by atoms with Crippen LogP contribution in [0.1, 0.15) is 39.0 Å². The number of rotatable bonds is 5. The van der Waals surface area contributed by atoms with Crippen LogP contribution in [0.4, 0.5) is 0 Å². The van der Waals surface area contributed by atoms with Crippen molar-refractivity contribution in [2.75, 3.05) is 6.61 Å². The molecule has 0 spiro atoms. The molecule has 1 saturated carbocycles. The van der Waals surface area contributed by atoms with Crippen LogP contribution in [0.15, 0.2) is 30.3 Å². The zero-order valence-electron chi connectivity index (χ0n) is 12.5. The summed E-state index contributed by atoms with van der Waals surface area (Å²) in [5.41, 5.74) is -0.670. The normalized spacial score (nSPS) is 24.9. The molecule has 0 saturated heterocycles. The van der Waals surface area contributed by atoms with E-state index in [4.69, 9.17) is 4.74 Å². The van der Waals surface area contributed by atoms with Crippen molar-refractivity contribution < 1.29 is 9.53 Å². The number of nitrogens with one attached hydrogen (secondary N) is 1. The van der Waals surface area contributed by atoms with Crippen LogP contribution in [-0.2, 0) is 4.79 Å². The molecule has 1 N–H and O–H groups in total. The maximum absolute atomic E-state index is 12.0. The fraction of sp³-hybridized carbons (Fsp3) is 0.529. The van der Waals surface area contributed by atoms with Gasteiger partial charge in [0.25, 0.3) is 0 Å². The van der Waals surface area contributed by atoms with E-state index in [2.05, 4.69) is 18.3 Å². The van der Waals surface area contributed by atoms with Gasteiger partial charge in [0.2, 0.25) is 5.91 Å². The Bertz CT molecular complexity index is 499. The third-order valence-electron chi connectivity index (χ3n) is 4.06. The maximum Gasteiger partial charge on any atom is 0.224 e. The minimum Gasteiger partial charge on any atom is -0.493 e. The van der Waals surface area contributed by atoms with E-state index >= 15 is 0 Å². The van der Waals surface area contributed by atoms with E-state index < -0.39 is 5.54 Å². The fourth-order valence-corrected chi connectivity index (χ4v) is 2.63. The van der Waals surface area contributed by atoms with Gasteiger partial charge < -0.3 is 10.1 Å². The fourth-order valence-electron chi connectivity index (χ4n) is 2.63. The lowest BCUT2D eigenvalue weighted by Gasteiger charge is -2.34. The highest BCUT2D eigenvalue weighted by molar-refractivity contribution is 5.77. The molecule has 1 amide bonds. The smallest absolute Gasteiger partial charge is 0.224 e. The van der Waals surface area contributed by atoms with E-state index in [-0.39, 0.29) is 12.3 Å². The van der Waals surface area contributed by atoms with Gasteiger partial charge >= 0.3 is 0 Å². The van der Waals surface area contributed by atoms with Gasteiger partial charge in [-0.2, -0.15) is 5.26 Å². The van der Waals surface area contributed by atoms with Crippen LogP contribution in [0, 0.1) is 17.2 Å². The number of para-hydroxylation sites is 1. The molecule has 1 aliphatic carbocycles. The number of hydrogen-bond acceptors (Lipinski definition) is 3. The maximum atomic E-state index is 12.0. The van der Waals surface area contributed by atoms with Crippen molar-refractivity contribution in [2.24, 2.45) is 5.92 Å². The first-order chi connectivity index (χ1) is 10.1. The number of benzene rings is 1. The Morgan fingerprint density at radius 2 is 2.05 bits per heavy atom. The first kappa shape index (κ1) is 15.4. The van der Waals surface area contributed by atoms with Crippen LogP contribution in [0.3, 0.4) is 0 Å². The largest absolute Gasteiger partial charge is 0.493 e. The molecule has 2 rings (SSSR count). The van der Waals surface area contributed by atoms with Crippen molar-refractivity contribution in [3.63, 3.8) is 0 Å². The standard InChI is InChI=1S/C17H22N2O2/c1-14-7-10-17(13-18,11-8-14)19-16(20)9-12-21-15-5-3-2-4-6-15/h2-6,14H,7-12H2,1H3,(H,19,20). The monoisotopic (exact) mass is 286 g/mol. The lowest BCUT2D eigenvalue weighted by atomic mass is 9.78. The summed E-state index contributed by atoms with van der Waals surface area (Å²) in [6, 6.07) is 11.7. The first-order valence-electron chi connectivity index (χ1n) is 7.54. The van der Waals surface area contributed by atoms with Crippen molar-refractivity contribution in [1.82, 2.24) is 5.32 Å². The van der Waals surface area contributed by atoms with Crippen LogP contribution >= 0.6 is 0 Å². The summed E-state index contributed by atoms with van der Waals surface area (Å²) in [5, 5.41) is 12.3. The minimum atomic E-state index is -0.670. The lowest BCUT2D eigenvalue weighted by molar-refractivity contribution is -0.123. The third kappa shape index (κ3) is 4.49. The summed E-state index contributed by atoms with van der Waals surface area (Å²) in [5.74, 6) is 1.29. The van der Waals surface area contributed by atoms with Crippen LogP contribution in [-0.4, -0.2) is 18.1 Å². The number of ether oxygens (including phenoxy) is 1. The van der Waals surface area contributed by atoms with Gasteiger partial charge in [0.15, 0.2) is 0 Å². The molecular weight excluding hydrogens is 264 g/mol. The Labute approximate surface area is 126 Å². The number of carbonyl (C=O) groups is 1. The highest BCUT2D eigenvalue weighted by atomic mass is 16.5. The molecule has 1 aromatic rings. The van der Waals surface area contributed by atoms with Crippen molar-refractivity contribution in [1.29, 1.82) is 5.26 Å². The molecule has 0 unspecified atom stereocenters. The average molecular weight is 286 g/mol. The summed E-state index contributed by atoms with van der Waals surface area (Å²) in [4.78, 5) is 12.0. The van der Waals surface area contributed by atoms with Crippen molar-refractivity contribution in [2.45, 2.75) is 44.6 Å². The third-order valence-corrected chi connectivity index (χ3v) is 4.06. The van der Waals surface area contributed by atoms with Crippen LogP contribution in [0.5, 0.6) is 5.75 Å². The number of nitriles is 1. The summed E-state index contributed by atoms with van der Waals surface area (Å²) in [6.45, 7) is 2.52. The molecule has 1 aromatic carbocycles. The number of hydrogen-bond donors (Lipinski definition) is 1. The van der Waals surface area contributed by atoms with Gasteiger partial charge in [0, 0.05) is 0 Å². The summed E-state index contributed by atoms with van der Waals surface area (Å²) in [7, 11) is 0.